The maximum Gasteiger partial charge on any atom is 0.261 e. The molecule has 1 aromatic carbocycles. The molecule has 0 aromatic heterocycles. The Morgan fingerprint density at radius 2 is 2.00 bits per heavy atom. The van der Waals surface area contributed by atoms with Crippen molar-refractivity contribution in [3.63, 3.8) is 0 Å². The summed E-state index contributed by atoms with van der Waals surface area (Å²) >= 11 is 0. The van der Waals surface area contributed by atoms with E-state index in [1.807, 2.05) is 0 Å². The van der Waals surface area contributed by atoms with Crippen molar-refractivity contribution in [3.8, 4) is 0 Å². The lowest BCUT2D eigenvalue weighted by Gasteiger charge is -2.36. The third kappa shape index (κ3) is 2.56. The number of carbonyl (C=O) groups is 4. The van der Waals surface area contributed by atoms with E-state index in [4.69, 9.17) is 1.37 Å². The number of imide groups is 2. The summed E-state index contributed by atoms with van der Waals surface area (Å²) in [6.07, 6.45) is 0.180. The molecule has 2 fully saturated rings. The number of fused-ring (bicyclic) bond motifs is 1. The SMILES string of the molecule is [2H][C@H]1CCN(c2c(F)ccc3c2CC(=O)N(C2CCC(=O)NC2=O)C3=O)C1. The van der Waals surface area contributed by atoms with E-state index in [9.17, 15) is 23.6 Å². The van der Waals surface area contributed by atoms with Gasteiger partial charge in [0, 0.05) is 32.0 Å². The van der Waals surface area contributed by atoms with Gasteiger partial charge in [-0.1, -0.05) is 0 Å². The quantitative estimate of drug-likeness (QED) is 0.787. The molecule has 3 aliphatic rings. The average molecular weight is 360 g/mol. The number of benzene rings is 1. The lowest BCUT2D eigenvalue weighted by Crippen LogP contribution is -2.58. The molecule has 0 radical (unpaired) electrons. The van der Waals surface area contributed by atoms with Crippen molar-refractivity contribution in [1.29, 1.82) is 0 Å². The highest BCUT2D eigenvalue weighted by molar-refractivity contribution is 6.14. The standard InChI is InChI=1S/C18H18FN3O4/c19-12-4-3-10-11(16(12)21-7-1-2-8-21)9-15(24)22(18(10)26)13-5-6-14(23)20-17(13)25/h3-4,13H,1-2,5-9H2,(H,20,23,25)/i1D/t1-,13?/m0/s1. The highest BCUT2D eigenvalue weighted by Crippen LogP contribution is 2.35. The van der Waals surface area contributed by atoms with E-state index in [1.54, 1.807) is 4.90 Å². The summed E-state index contributed by atoms with van der Waals surface area (Å²) in [5.74, 6) is -2.88. The van der Waals surface area contributed by atoms with E-state index in [-0.39, 0.29) is 36.9 Å². The lowest BCUT2D eigenvalue weighted by molar-refractivity contribution is -0.143. The van der Waals surface area contributed by atoms with E-state index in [0.29, 0.717) is 25.1 Å². The second-order valence-corrected chi connectivity index (χ2v) is 6.66. The smallest absolute Gasteiger partial charge is 0.261 e. The van der Waals surface area contributed by atoms with Crippen molar-refractivity contribution in [2.24, 2.45) is 0 Å². The number of rotatable bonds is 2. The Hall–Kier alpha value is -2.77. The molecule has 3 aliphatic heterocycles. The zero-order chi connectivity index (χ0) is 19.3. The molecule has 3 heterocycles. The Kier molecular flexibility index (Phi) is 3.69. The molecule has 4 rings (SSSR count). The van der Waals surface area contributed by atoms with E-state index < -0.39 is 35.5 Å². The van der Waals surface area contributed by atoms with Gasteiger partial charge in [0.1, 0.15) is 11.9 Å². The van der Waals surface area contributed by atoms with Crippen LogP contribution < -0.4 is 10.2 Å². The Morgan fingerprint density at radius 1 is 1.19 bits per heavy atom. The topological polar surface area (TPSA) is 86.8 Å². The molecule has 0 bridgehead atoms. The Labute approximate surface area is 150 Å². The number of hydrogen-bond donors (Lipinski definition) is 1. The van der Waals surface area contributed by atoms with Gasteiger partial charge < -0.3 is 4.90 Å². The highest BCUT2D eigenvalue weighted by atomic mass is 19.1. The molecule has 136 valence electrons. The van der Waals surface area contributed by atoms with Gasteiger partial charge in [-0.2, -0.15) is 0 Å². The number of nitrogens with one attached hydrogen (secondary N) is 1. The molecular formula is C18H18FN3O4. The van der Waals surface area contributed by atoms with Crippen molar-refractivity contribution in [2.75, 3.05) is 18.0 Å². The Balaban J connectivity index is 1.71. The molecule has 2 saturated heterocycles. The fourth-order valence-corrected chi connectivity index (χ4v) is 3.84. The van der Waals surface area contributed by atoms with Crippen LogP contribution in [-0.4, -0.2) is 47.7 Å². The maximum atomic E-state index is 14.5. The van der Waals surface area contributed by atoms with Crippen LogP contribution in [0.3, 0.4) is 0 Å². The minimum Gasteiger partial charge on any atom is -0.369 e. The van der Waals surface area contributed by atoms with Gasteiger partial charge in [-0.05, 0) is 31.4 Å². The van der Waals surface area contributed by atoms with Gasteiger partial charge in [0.15, 0.2) is 0 Å². The molecule has 1 aromatic rings. The maximum absolute atomic E-state index is 14.5. The minimum atomic E-state index is -1.03. The zero-order valence-electron chi connectivity index (χ0n) is 15.0. The largest absolute Gasteiger partial charge is 0.369 e. The second kappa shape index (κ2) is 6.19. The molecule has 0 spiro atoms. The number of nitrogens with zero attached hydrogens (tertiary/aromatic N) is 2. The van der Waals surface area contributed by atoms with Crippen LogP contribution in [0.1, 0.15) is 43.0 Å². The summed E-state index contributed by atoms with van der Waals surface area (Å²) in [6.45, 7) is 0.827. The fraction of sp³-hybridized carbons (Fsp3) is 0.444. The van der Waals surface area contributed by atoms with E-state index in [2.05, 4.69) is 5.32 Å². The second-order valence-electron chi connectivity index (χ2n) is 6.66. The highest BCUT2D eigenvalue weighted by Gasteiger charge is 2.43. The average Bonchev–Trinajstić information content (AvgIpc) is 3.02. The molecule has 0 saturated carbocycles. The summed E-state index contributed by atoms with van der Waals surface area (Å²) in [4.78, 5) is 51.7. The third-order valence-electron chi connectivity index (χ3n) is 5.07. The van der Waals surface area contributed by atoms with Gasteiger partial charge in [-0.25, -0.2) is 4.39 Å². The first kappa shape index (κ1) is 15.5. The van der Waals surface area contributed by atoms with Crippen LogP contribution in [0.4, 0.5) is 10.1 Å². The first-order chi connectivity index (χ1) is 12.9. The molecule has 0 aliphatic carbocycles. The summed E-state index contributed by atoms with van der Waals surface area (Å²) in [7, 11) is 0. The lowest BCUT2D eigenvalue weighted by atomic mass is 9.92. The summed E-state index contributed by atoms with van der Waals surface area (Å²) in [6, 6.07) is 1.48. The zero-order valence-corrected chi connectivity index (χ0v) is 14.0. The monoisotopic (exact) mass is 360 g/mol. The molecule has 7 nitrogen and oxygen atoms in total. The van der Waals surface area contributed by atoms with Gasteiger partial charge in [0.2, 0.25) is 17.7 Å². The number of amides is 4. The first-order valence-corrected chi connectivity index (χ1v) is 8.55. The van der Waals surface area contributed by atoms with Crippen LogP contribution >= 0.6 is 0 Å². The minimum absolute atomic E-state index is 0.0493. The normalized spacial score (nSPS) is 26.7. The van der Waals surface area contributed by atoms with Crippen molar-refractivity contribution in [3.05, 3.63) is 29.1 Å². The van der Waals surface area contributed by atoms with Gasteiger partial charge in [-0.15, -0.1) is 0 Å². The molecule has 8 heteroatoms. The van der Waals surface area contributed by atoms with Crippen LogP contribution in [0.5, 0.6) is 0 Å². The van der Waals surface area contributed by atoms with Crippen molar-refractivity contribution < 1.29 is 24.9 Å². The summed E-state index contributed by atoms with van der Waals surface area (Å²) in [5, 5.41) is 2.15. The predicted octanol–water partition coefficient (Wildman–Crippen LogP) is 0.756. The van der Waals surface area contributed by atoms with Crippen LogP contribution in [0.25, 0.3) is 0 Å². The van der Waals surface area contributed by atoms with Crippen LogP contribution in [-0.2, 0) is 20.8 Å². The fourth-order valence-electron chi connectivity index (χ4n) is 3.84. The van der Waals surface area contributed by atoms with Crippen LogP contribution in [0.15, 0.2) is 12.1 Å². The summed E-state index contributed by atoms with van der Waals surface area (Å²) in [5.41, 5.74) is 0.693. The van der Waals surface area contributed by atoms with Crippen LogP contribution in [0, 0.1) is 5.82 Å². The Bertz CT molecular complexity index is 874. The number of hydrogen-bond acceptors (Lipinski definition) is 5. The van der Waals surface area contributed by atoms with Crippen molar-refractivity contribution >= 4 is 29.3 Å². The predicted molar refractivity (Wildman–Crippen MR) is 88.9 cm³/mol. The van der Waals surface area contributed by atoms with Gasteiger partial charge >= 0.3 is 0 Å². The van der Waals surface area contributed by atoms with E-state index in [0.717, 1.165) is 4.90 Å². The van der Waals surface area contributed by atoms with Gasteiger partial charge in [0.25, 0.3) is 5.91 Å². The van der Waals surface area contributed by atoms with E-state index in [1.165, 1.54) is 12.1 Å². The van der Waals surface area contributed by atoms with Crippen molar-refractivity contribution in [1.82, 2.24) is 10.2 Å². The van der Waals surface area contributed by atoms with Crippen molar-refractivity contribution in [2.45, 2.75) is 38.1 Å². The molecule has 26 heavy (non-hydrogen) atoms. The third-order valence-corrected chi connectivity index (χ3v) is 5.07. The van der Waals surface area contributed by atoms with Crippen LogP contribution in [0.2, 0.25) is 0 Å². The first-order valence-electron chi connectivity index (χ1n) is 9.13. The molecule has 2 atom stereocenters. The molecule has 4 amide bonds. The molecule has 1 N–H and O–H groups in total. The molecular weight excluding hydrogens is 341 g/mol. The molecule has 1 unspecified atom stereocenters. The van der Waals surface area contributed by atoms with E-state index >= 15 is 0 Å². The summed E-state index contributed by atoms with van der Waals surface area (Å²) < 4.78 is 22.4. The number of anilines is 1. The van der Waals surface area contributed by atoms with Gasteiger partial charge in [0.05, 0.1) is 12.1 Å². The number of halogens is 1. The number of carbonyl (C=O) groups excluding carboxylic acids is 4. The van der Waals surface area contributed by atoms with Gasteiger partial charge in [-0.3, -0.25) is 29.4 Å². The number of piperidine rings is 1. The Morgan fingerprint density at radius 3 is 2.69 bits per heavy atom.